The Labute approximate surface area is 203 Å². The van der Waals surface area contributed by atoms with Crippen LogP contribution in [0.1, 0.15) is 37.8 Å². The minimum Gasteiger partial charge on any atom is -0.480 e. The molecule has 33 heavy (non-hydrogen) atoms. The Hall–Kier alpha value is -2.13. The lowest BCUT2D eigenvalue weighted by Gasteiger charge is -2.34. The van der Waals surface area contributed by atoms with E-state index < -0.39 is 33.5 Å². The first-order valence-electron chi connectivity index (χ1n) is 10.6. The maximum atomic E-state index is 13.3. The monoisotopic (exact) mass is 512 g/mol. The van der Waals surface area contributed by atoms with Crippen molar-refractivity contribution in [3.8, 4) is 0 Å². The van der Waals surface area contributed by atoms with Crippen molar-refractivity contribution in [2.24, 2.45) is 0 Å². The lowest BCUT2D eigenvalue weighted by molar-refractivity contribution is -0.143. The van der Waals surface area contributed by atoms with Gasteiger partial charge in [0.1, 0.15) is 11.6 Å². The minimum absolute atomic E-state index is 0.0811. The van der Waals surface area contributed by atoms with Crippen LogP contribution in [-0.2, 0) is 32.5 Å². The summed E-state index contributed by atoms with van der Waals surface area (Å²) < 4.78 is 27.8. The first kappa shape index (κ1) is 25.5. The second-order valence-electron chi connectivity index (χ2n) is 8.30. The van der Waals surface area contributed by atoms with Gasteiger partial charge < -0.3 is 10.4 Å². The van der Waals surface area contributed by atoms with Crippen molar-refractivity contribution in [1.29, 1.82) is 0 Å². The molecule has 10 heteroatoms. The number of benzene rings is 2. The summed E-state index contributed by atoms with van der Waals surface area (Å²) in [5.41, 5.74) is 0.428. The van der Waals surface area contributed by atoms with Gasteiger partial charge in [-0.15, -0.1) is 0 Å². The third-order valence-electron chi connectivity index (χ3n) is 5.96. The summed E-state index contributed by atoms with van der Waals surface area (Å²) in [5, 5.41) is 12.6. The number of aryl methyl sites for hydroxylation is 1. The molecule has 178 valence electrons. The molecule has 0 radical (unpaired) electrons. The fraction of sp³-hybridized carbons (Fsp3) is 0.391. The van der Waals surface area contributed by atoms with E-state index >= 15 is 0 Å². The topological polar surface area (TPSA) is 104 Å². The predicted molar refractivity (Wildman–Crippen MR) is 127 cm³/mol. The maximum absolute atomic E-state index is 13.3. The number of hydrogen-bond acceptors (Lipinski definition) is 4. The number of carbonyl (C=O) groups excluding carboxylic acids is 1. The molecular weight excluding hydrogens is 487 g/mol. The number of carboxylic acid groups (broad SMARTS) is 1. The summed E-state index contributed by atoms with van der Waals surface area (Å²) in [6.45, 7) is 3.65. The molecular formula is C23H26Cl2N2O5S. The Morgan fingerprint density at radius 1 is 1.12 bits per heavy atom. The first-order chi connectivity index (χ1) is 15.5. The Bertz CT molecular complexity index is 1130. The molecule has 0 bridgehead atoms. The zero-order chi connectivity index (χ0) is 24.4. The average molecular weight is 513 g/mol. The first-order valence-corrected chi connectivity index (χ1v) is 12.8. The molecule has 1 amide bonds. The number of sulfonamides is 1. The molecule has 7 nitrogen and oxygen atoms in total. The molecule has 0 unspecified atom stereocenters. The number of halogens is 2. The van der Waals surface area contributed by atoms with Gasteiger partial charge in [0.2, 0.25) is 15.9 Å². The largest absolute Gasteiger partial charge is 0.480 e. The van der Waals surface area contributed by atoms with Crippen molar-refractivity contribution in [3.05, 3.63) is 63.6 Å². The van der Waals surface area contributed by atoms with E-state index in [2.05, 4.69) is 5.32 Å². The molecule has 1 aliphatic heterocycles. The van der Waals surface area contributed by atoms with Gasteiger partial charge in [0.25, 0.3) is 0 Å². The van der Waals surface area contributed by atoms with Crippen LogP contribution in [0.5, 0.6) is 0 Å². The van der Waals surface area contributed by atoms with E-state index in [9.17, 15) is 23.1 Å². The molecule has 0 spiro atoms. The lowest BCUT2D eigenvalue weighted by Crippen LogP contribution is -2.58. The van der Waals surface area contributed by atoms with Crippen LogP contribution in [0, 0.1) is 0 Å². The second kappa shape index (κ2) is 10.0. The van der Waals surface area contributed by atoms with Gasteiger partial charge in [0.05, 0.1) is 4.90 Å². The van der Waals surface area contributed by atoms with Crippen molar-refractivity contribution in [2.45, 2.75) is 56.0 Å². The van der Waals surface area contributed by atoms with Gasteiger partial charge in [0, 0.05) is 23.0 Å². The van der Waals surface area contributed by atoms with E-state index in [0.29, 0.717) is 6.42 Å². The summed E-state index contributed by atoms with van der Waals surface area (Å²) in [5.74, 6) is -1.85. The number of hydrogen-bond donors (Lipinski definition) is 2. The third-order valence-corrected chi connectivity index (χ3v) is 8.40. The highest BCUT2D eigenvalue weighted by atomic mass is 35.5. The molecule has 2 N–H and O–H groups in total. The van der Waals surface area contributed by atoms with Crippen molar-refractivity contribution >= 4 is 45.1 Å². The Morgan fingerprint density at radius 2 is 1.70 bits per heavy atom. The summed E-state index contributed by atoms with van der Waals surface area (Å²) in [6, 6.07) is 10.3. The molecule has 0 aliphatic carbocycles. The van der Waals surface area contributed by atoms with Gasteiger partial charge in [-0.3, -0.25) is 4.79 Å². The zero-order valence-electron chi connectivity index (χ0n) is 18.3. The lowest BCUT2D eigenvalue weighted by atomic mass is 9.97. The van der Waals surface area contributed by atoms with Crippen LogP contribution >= 0.6 is 23.2 Å². The summed E-state index contributed by atoms with van der Waals surface area (Å²) in [6.07, 6.45) is 1.65. The minimum atomic E-state index is -4.10. The number of nitrogens with one attached hydrogen (secondary N) is 1. The number of carboxylic acids is 1. The van der Waals surface area contributed by atoms with E-state index in [1.54, 1.807) is 0 Å². The van der Waals surface area contributed by atoms with Crippen molar-refractivity contribution < 1.29 is 23.1 Å². The smallest absolute Gasteiger partial charge is 0.326 e. The van der Waals surface area contributed by atoms with Crippen molar-refractivity contribution in [2.75, 3.05) is 6.54 Å². The predicted octanol–water partition coefficient (Wildman–Crippen LogP) is 3.91. The van der Waals surface area contributed by atoms with Crippen LogP contribution in [0.25, 0.3) is 0 Å². The van der Waals surface area contributed by atoms with Gasteiger partial charge in [0.15, 0.2) is 0 Å². The van der Waals surface area contributed by atoms with E-state index in [4.69, 9.17) is 23.2 Å². The van der Waals surface area contributed by atoms with E-state index in [1.165, 1.54) is 25.1 Å². The van der Waals surface area contributed by atoms with Gasteiger partial charge in [-0.25, -0.2) is 13.2 Å². The highest BCUT2D eigenvalue weighted by molar-refractivity contribution is 7.89. The molecule has 3 rings (SSSR count). The quantitative estimate of drug-likeness (QED) is 0.557. The molecule has 0 saturated carbocycles. The number of rotatable bonds is 8. The fourth-order valence-corrected chi connectivity index (χ4v) is 6.55. The number of amides is 1. The SMILES string of the molecule is CCc1ccc(C[C@H](NC(=O)[C@]2(C)CCCN2S(=O)(=O)c2cc(Cl)cc(Cl)c2)C(=O)O)cc1. The third kappa shape index (κ3) is 5.51. The number of carbonyl (C=O) groups is 2. The highest BCUT2D eigenvalue weighted by Gasteiger charge is 2.50. The van der Waals surface area contributed by atoms with Crippen LogP contribution in [0.4, 0.5) is 0 Å². The van der Waals surface area contributed by atoms with Crippen molar-refractivity contribution in [1.82, 2.24) is 9.62 Å². The Balaban J connectivity index is 1.84. The summed E-state index contributed by atoms with van der Waals surface area (Å²) in [4.78, 5) is 25.0. The normalized spacial score (nSPS) is 19.9. The number of nitrogens with zero attached hydrogens (tertiary/aromatic N) is 1. The second-order valence-corrected chi connectivity index (χ2v) is 11.0. The van der Waals surface area contributed by atoms with Gasteiger partial charge in [-0.2, -0.15) is 4.31 Å². The van der Waals surface area contributed by atoms with Gasteiger partial charge >= 0.3 is 5.97 Å². The summed E-state index contributed by atoms with van der Waals surface area (Å²) in [7, 11) is -4.10. The summed E-state index contributed by atoms with van der Waals surface area (Å²) >= 11 is 12.0. The molecule has 1 aliphatic rings. The molecule has 1 heterocycles. The van der Waals surface area contributed by atoms with E-state index in [0.717, 1.165) is 21.9 Å². The van der Waals surface area contributed by atoms with E-state index in [-0.39, 0.29) is 34.3 Å². The van der Waals surface area contributed by atoms with Crippen LogP contribution in [0.15, 0.2) is 47.4 Å². The van der Waals surface area contributed by atoms with Crippen LogP contribution in [0.2, 0.25) is 10.0 Å². The standard InChI is InChI=1S/C23H26Cl2N2O5S/c1-3-15-5-7-16(8-6-15)11-20(21(28)29)26-22(30)23(2)9-4-10-27(23)33(31,32)19-13-17(24)12-18(25)14-19/h5-8,12-14,20H,3-4,9-11H2,1-2H3,(H,26,30)(H,28,29)/t20-,23-/m0/s1. The molecule has 1 fully saturated rings. The number of aliphatic carboxylic acids is 1. The Kier molecular flexibility index (Phi) is 7.73. The zero-order valence-corrected chi connectivity index (χ0v) is 20.7. The highest BCUT2D eigenvalue weighted by Crippen LogP contribution is 2.36. The molecule has 0 aromatic heterocycles. The van der Waals surface area contributed by atoms with Gasteiger partial charge in [-0.05, 0) is 55.5 Å². The maximum Gasteiger partial charge on any atom is 0.326 e. The average Bonchev–Trinajstić information content (AvgIpc) is 3.16. The fourth-order valence-electron chi connectivity index (χ4n) is 4.02. The van der Waals surface area contributed by atoms with Crippen molar-refractivity contribution in [3.63, 3.8) is 0 Å². The Morgan fingerprint density at radius 3 is 2.24 bits per heavy atom. The molecule has 2 atom stereocenters. The van der Waals surface area contributed by atoms with Gasteiger partial charge in [-0.1, -0.05) is 54.4 Å². The van der Waals surface area contributed by atoms with Crippen LogP contribution < -0.4 is 5.32 Å². The van der Waals surface area contributed by atoms with E-state index in [1.807, 2.05) is 31.2 Å². The molecule has 1 saturated heterocycles. The van der Waals surface area contributed by atoms with Crippen LogP contribution in [0.3, 0.4) is 0 Å². The molecule has 2 aromatic rings. The van der Waals surface area contributed by atoms with Crippen LogP contribution in [-0.4, -0.2) is 47.8 Å². The molecule has 2 aromatic carbocycles.